The highest BCUT2D eigenvalue weighted by Crippen LogP contribution is 2.19. The maximum atomic E-state index is 12.0. The standard InChI is InChI=1S/C15H13NO5/c17-14-6-4-2-1-3-5-13(14)15(18)21-12-9-7-11(8-10-12)16(19)20/h7-10,13H,1-2,4,6H2. The number of esters is 1. The maximum absolute atomic E-state index is 12.0. The Bertz CT molecular complexity index is 624. The molecule has 1 aromatic rings. The second-order valence-corrected chi connectivity index (χ2v) is 4.60. The van der Waals surface area contributed by atoms with Crippen LogP contribution in [0.1, 0.15) is 25.7 Å². The van der Waals surface area contributed by atoms with E-state index in [0.717, 1.165) is 12.8 Å². The third-order valence-corrected chi connectivity index (χ3v) is 3.05. The Kier molecular flexibility index (Phi) is 4.67. The van der Waals surface area contributed by atoms with Gasteiger partial charge in [0.1, 0.15) is 5.75 Å². The molecular weight excluding hydrogens is 274 g/mol. The second-order valence-electron chi connectivity index (χ2n) is 4.60. The summed E-state index contributed by atoms with van der Waals surface area (Å²) < 4.78 is 5.07. The van der Waals surface area contributed by atoms with Gasteiger partial charge in [-0.05, 0) is 25.0 Å². The van der Waals surface area contributed by atoms with Gasteiger partial charge in [0.25, 0.3) is 5.69 Å². The van der Waals surface area contributed by atoms with E-state index >= 15 is 0 Å². The highest BCUT2D eigenvalue weighted by Gasteiger charge is 2.26. The fourth-order valence-corrected chi connectivity index (χ4v) is 1.91. The first-order chi connectivity index (χ1) is 10.1. The predicted molar refractivity (Wildman–Crippen MR) is 73.5 cm³/mol. The molecule has 0 N–H and O–H groups in total. The molecule has 0 bridgehead atoms. The Morgan fingerprint density at radius 2 is 2.00 bits per heavy atom. The average molecular weight is 287 g/mol. The van der Waals surface area contributed by atoms with Gasteiger partial charge in [0, 0.05) is 25.0 Å². The van der Waals surface area contributed by atoms with Gasteiger partial charge in [-0.3, -0.25) is 14.9 Å². The molecule has 0 saturated heterocycles. The number of benzene rings is 1. The highest BCUT2D eigenvalue weighted by molar-refractivity contribution is 6.02. The second kappa shape index (κ2) is 6.66. The van der Waals surface area contributed by atoms with Gasteiger partial charge in [-0.25, -0.2) is 4.79 Å². The number of Topliss-reactive ketones (excluding diaryl/α,β-unsaturated/α-hetero) is 1. The summed E-state index contributed by atoms with van der Waals surface area (Å²) in [5.41, 5.74) is -0.100. The van der Waals surface area contributed by atoms with Crippen molar-refractivity contribution in [2.45, 2.75) is 25.7 Å². The number of ketones is 1. The van der Waals surface area contributed by atoms with Crippen LogP contribution in [0.3, 0.4) is 0 Å². The summed E-state index contributed by atoms with van der Waals surface area (Å²) in [7, 11) is 0. The third kappa shape index (κ3) is 3.89. The van der Waals surface area contributed by atoms with Crippen molar-refractivity contribution in [3.8, 4) is 17.6 Å². The minimum absolute atomic E-state index is 0.100. The van der Waals surface area contributed by atoms with Crippen LogP contribution in [0.15, 0.2) is 24.3 Å². The van der Waals surface area contributed by atoms with E-state index in [4.69, 9.17) is 4.74 Å². The first-order valence-corrected chi connectivity index (χ1v) is 6.55. The van der Waals surface area contributed by atoms with Gasteiger partial charge in [0.15, 0.2) is 11.7 Å². The molecule has 0 heterocycles. The lowest BCUT2D eigenvalue weighted by Gasteiger charge is -2.11. The lowest BCUT2D eigenvalue weighted by atomic mass is 9.97. The van der Waals surface area contributed by atoms with E-state index in [0.29, 0.717) is 12.8 Å². The molecule has 108 valence electrons. The molecule has 0 fully saturated rings. The van der Waals surface area contributed by atoms with Crippen LogP contribution in [0.2, 0.25) is 0 Å². The van der Waals surface area contributed by atoms with Crippen LogP contribution in [-0.4, -0.2) is 16.7 Å². The predicted octanol–water partition coefficient (Wildman–Crippen LogP) is 2.26. The number of nitro benzene ring substituents is 1. The molecule has 0 radical (unpaired) electrons. The topological polar surface area (TPSA) is 86.5 Å². The molecule has 1 aliphatic rings. The molecule has 6 nitrogen and oxygen atoms in total. The van der Waals surface area contributed by atoms with Crippen LogP contribution in [-0.2, 0) is 9.59 Å². The highest BCUT2D eigenvalue weighted by atomic mass is 16.6. The van der Waals surface area contributed by atoms with Gasteiger partial charge >= 0.3 is 5.97 Å². The third-order valence-electron chi connectivity index (χ3n) is 3.05. The van der Waals surface area contributed by atoms with Crippen molar-refractivity contribution < 1.29 is 19.2 Å². The molecule has 1 aliphatic carbocycles. The van der Waals surface area contributed by atoms with Crippen molar-refractivity contribution in [1.82, 2.24) is 0 Å². The first-order valence-electron chi connectivity index (χ1n) is 6.55. The van der Waals surface area contributed by atoms with Crippen molar-refractivity contribution in [2.75, 3.05) is 0 Å². The lowest BCUT2D eigenvalue weighted by molar-refractivity contribution is -0.384. The molecule has 1 aromatic carbocycles. The molecule has 0 spiro atoms. The summed E-state index contributed by atoms with van der Waals surface area (Å²) in [6.45, 7) is 0. The minimum Gasteiger partial charge on any atom is -0.425 e. The van der Waals surface area contributed by atoms with Gasteiger partial charge in [-0.15, -0.1) is 5.92 Å². The Morgan fingerprint density at radius 3 is 2.67 bits per heavy atom. The number of nitro groups is 1. The van der Waals surface area contributed by atoms with E-state index in [2.05, 4.69) is 11.8 Å². The number of rotatable bonds is 3. The maximum Gasteiger partial charge on any atom is 0.334 e. The molecule has 2 rings (SSSR count). The zero-order valence-electron chi connectivity index (χ0n) is 11.2. The average Bonchev–Trinajstić information content (AvgIpc) is 2.43. The van der Waals surface area contributed by atoms with Crippen molar-refractivity contribution >= 4 is 17.4 Å². The molecule has 0 saturated carbocycles. The summed E-state index contributed by atoms with van der Waals surface area (Å²) in [4.78, 5) is 33.8. The van der Waals surface area contributed by atoms with Crippen LogP contribution in [0.4, 0.5) is 5.69 Å². The van der Waals surface area contributed by atoms with Gasteiger partial charge in [0.05, 0.1) is 4.92 Å². The Balaban J connectivity index is 2.09. The number of carbonyl (C=O) groups excluding carboxylic acids is 2. The van der Waals surface area contributed by atoms with E-state index in [9.17, 15) is 19.7 Å². The van der Waals surface area contributed by atoms with Crippen LogP contribution >= 0.6 is 0 Å². The van der Waals surface area contributed by atoms with Crippen LogP contribution in [0.5, 0.6) is 5.75 Å². The number of hydrogen-bond donors (Lipinski definition) is 0. The van der Waals surface area contributed by atoms with E-state index < -0.39 is 16.8 Å². The summed E-state index contributed by atoms with van der Waals surface area (Å²) in [6, 6.07) is 5.09. The molecule has 1 unspecified atom stereocenters. The lowest BCUT2D eigenvalue weighted by Crippen LogP contribution is -2.27. The Hall–Kier alpha value is -2.68. The molecular formula is C15H13NO5. The Morgan fingerprint density at radius 1 is 1.29 bits per heavy atom. The van der Waals surface area contributed by atoms with Crippen LogP contribution in [0.25, 0.3) is 0 Å². The van der Waals surface area contributed by atoms with Crippen molar-refractivity contribution in [1.29, 1.82) is 0 Å². The molecule has 0 aliphatic heterocycles. The van der Waals surface area contributed by atoms with Crippen LogP contribution in [0, 0.1) is 27.9 Å². The monoisotopic (exact) mass is 287 g/mol. The van der Waals surface area contributed by atoms with E-state index in [-0.39, 0.29) is 17.2 Å². The summed E-state index contributed by atoms with van der Waals surface area (Å²) in [6.07, 6.45) is 2.54. The van der Waals surface area contributed by atoms with Crippen molar-refractivity contribution in [2.24, 2.45) is 5.92 Å². The first kappa shape index (κ1) is 14.7. The summed E-state index contributed by atoms with van der Waals surface area (Å²) >= 11 is 0. The number of ether oxygens (including phenoxy) is 1. The molecule has 0 aromatic heterocycles. The van der Waals surface area contributed by atoms with Gasteiger partial charge in [0.2, 0.25) is 0 Å². The SMILES string of the molecule is O=C1CCCCC#CC1C(=O)Oc1ccc([N+](=O)[O-])cc1. The van der Waals surface area contributed by atoms with E-state index in [1.54, 1.807) is 0 Å². The van der Waals surface area contributed by atoms with Gasteiger partial charge in [-0.2, -0.15) is 0 Å². The molecule has 6 heteroatoms. The number of non-ortho nitro benzene ring substituents is 1. The normalized spacial score (nSPS) is 17.9. The molecule has 21 heavy (non-hydrogen) atoms. The fraction of sp³-hybridized carbons (Fsp3) is 0.333. The fourth-order valence-electron chi connectivity index (χ4n) is 1.91. The summed E-state index contributed by atoms with van der Waals surface area (Å²) in [5, 5.41) is 10.5. The number of carbonyl (C=O) groups is 2. The van der Waals surface area contributed by atoms with Crippen molar-refractivity contribution in [3.05, 3.63) is 34.4 Å². The summed E-state index contributed by atoms with van der Waals surface area (Å²) in [5.74, 6) is 3.55. The van der Waals surface area contributed by atoms with Crippen molar-refractivity contribution in [3.63, 3.8) is 0 Å². The van der Waals surface area contributed by atoms with E-state index in [1.807, 2.05) is 0 Å². The smallest absolute Gasteiger partial charge is 0.334 e. The number of hydrogen-bond acceptors (Lipinski definition) is 5. The Labute approximate surface area is 121 Å². The quantitative estimate of drug-likeness (QED) is 0.212. The molecule has 0 amide bonds. The van der Waals surface area contributed by atoms with E-state index in [1.165, 1.54) is 24.3 Å². The van der Waals surface area contributed by atoms with Gasteiger partial charge in [-0.1, -0.05) is 5.92 Å². The largest absolute Gasteiger partial charge is 0.425 e. The zero-order valence-corrected chi connectivity index (χ0v) is 11.2. The zero-order chi connectivity index (χ0) is 15.2. The van der Waals surface area contributed by atoms with Crippen LogP contribution < -0.4 is 4.74 Å². The minimum atomic E-state index is -1.07. The number of nitrogens with zero attached hydrogens (tertiary/aromatic N) is 1. The molecule has 1 atom stereocenters. The van der Waals surface area contributed by atoms with Gasteiger partial charge < -0.3 is 4.74 Å².